The van der Waals surface area contributed by atoms with Gasteiger partial charge >= 0.3 is 5.97 Å². The number of rotatable bonds is 3. The summed E-state index contributed by atoms with van der Waals surface area (Å²) in [7, 11) is 0. The summed E-state index contributed by atoms with van der Waals surface area (Å²) in [4.78, 5) is 11.1. The second-order valence-electron chi connectivity index (χ2n) is 8.22. The van der Waals surface area contributed by atoms with Crippen molar-refractivity contribution in [2.75, 3.05) is 0 Å². The molecule has 2 unspecified atom stereocenters. The summed E-state index contributed by atoms with van der Waals surface area (Å²) in [6.45, 7) is 8.63. The van der Waals surface area contributed by atoms with E-state index in [-0.39, 0.29) is 5.41 Å². The minimum Gasteiger partial charge on any atom is -0.478 e. The SMILES string of the molecule is C=C(CC12CC3CC(C)(CC(C)(C3)C1)C2)C(=O)O. The monoisotopic (exact) mass is 248 g/mol. The molecule has 0 aromatic carbocycles. The maximum Gasteiger partial charge on any atom is 0.330 e. The molecule has 0 aromatic heterocycles. The van der Waals surface area contributed by atoms with Crippen LogP contribution in [0.3, 0.4) is 0 Å². The number of carboxylic acids is 1. The summed E-state index contributed by atoms with van der Waals surface area (Å²) in [6, 6.07) is 0. The molecule has 0 radical (unpaired) electrons. The highest BCUT2D eigenvalue weighted by molar-refractivity contribution is 5.85. The van der Waals surface area contributed by atoms with Crippen molar-refractivity contribution in [3.63, 3.8) is 0 Å². The van der Waals surface area contributed by atoms with Gasteiger partial charge in [-0.1, -0.05) is 20.4 Å². The average Bonchev–Trinajstić information content (AvgIpc) is 2.09. The van der Waals surface area contributed by atoms with Gasteiger partial charge in [0.1, 0.15) is 0 Å². The highest BCUT2D eigenvalue weighted by atomic mass is 16.4. The van der Waals surface area contributed by atoms with Crippen LogP contribution in [-0.2, 0) is 4.79 Å². The lowest BCUT2D eigenvalue weighted by molar-refractivity contribution is -0.148. The van der Waals surface area contributed by atoms with Crippen LogP contribution >= 0.6 is 0 Å². The molecular weight excluding hydrogens is 224 g/mol. The molecule has 4 saturated carbocycles. The first-order chi connectivity index (χ1) is 8.23. The Morgan fingerprint density at radius 1 is 1.17 bits per heavy atom. The fourth-order valence-electron chi connectivity index (χ4n) is 6.41. The van der Waals surface area contributed by atoms with Crippen LogP contribution in [-0.4, -0.2) is 11.1 Å². The highest BCUT2D eigenvalue weighted by Gasteiger charge is 2.59. The zero-order valence-corrected chi connectivity index (χ0v) is 11.6. The van der Waals surface area contributed by atoms with Gasteiger partial charge in [0.15, 0.2) is 0 Å². The average molecular weight is 248 g/mol. The molecule has 1 N–H and O–H groups in total. The van der Waals surface area contributed by atoms with E-state index in [2.05, 4.69) is 20.4 Å². The predicted molar refractivity (Wildman–Crippen MR) is 71.2 cm³/mol. The molecule has 2 nitrogen and oxygen atoms in total. The van der Waals surface area contributed by atoms with Crippen LogP contribution in [0, 0.1) is 22.2 Å². The van der Waals surface area contributed by atoms with E-state index in [1.807, 2.05) is 0 Å². The van der Waals surface area contributed by atoms with Crippen molar-refractivity contribution in [1.82, 2.24) is 0 Å². The van der Waals surface area contributed by atoms with E-state index < -0.39 is 5.97 Å². The molecule has 100 valence electrons. The van der Waals surface area contributed by atoms with E-state index in [1.54, 1.807) is 0 Å². The molecule has 0 aliphatic heterocycles. The summed E-state index contributed by atoms with van der Waals surface area (Å²) in [5.41, 5.74) is 1.60. The van der Waals surface area contributed by atoms with E-state index in [0.717, 1.165) is 5.92 Å². The molecule has 4 aliphatic rings. The lowest BCUT2D eigenvalue weighted by Gasteiger charge is -2.65. The Bertz CT molecular complexity index is 405. The maximum absolute atomic E-state index is 11.1. The van der Waals surface area contributed by atoms with Gasteiger partial charge in [0.25, 0.3) is 0 Å². The molecular formula is C16H24O2. The molecule has 0 amide bonds. The molecule has 4 fully saturated rings. The van der Waals surface area contributed by atoms with Crippen molar-refractivity contribution in [3.05, 3.63) is 12.2 Å². The smallest absolute Gasteiger partial charge is 0.330 e. The van der Waals surface area contributed by atoms with Gasteiger partial charge < -0.3 is 5.11 Å². The van der Waals surface area contributed by atoms with Gasteiger partial charge in [-0.25, -0.2) is 4.79 Å². The van der Waals surface area contributed by atoms with Crippen LogP contribution in [0.1, 0.15) is 58.8 Å². The van der Waals surface area contributed by atoms with Crippen LogP contribution in [0.5, 0.6) is 0 Å². The summed E-state index contributed by atoms with van der Waals surface area (Å²) < 4.78 is 0. The summed E-state index contributed by atoms with van der Waals surface area (Å²) in [5, 5.41) is 9.11. The second-order valence-corrected chi connectivity index (χ2v) is 8.22. The van der Waals surface area contributed by atoms with Crippen LogP contribution in [0.2, 0.25) is 0 Å². The molecule has 0 spiro atoms. The molecule has 0 aromatic rings. The van der Waals surface area contributed by atoms with Gasteiger partial charge in [0.05, 0.1) is 0 Å². The minimum atomic E-state index is -0.805. The Hall–Kier alpha value is -0.790. The van der Waals surface area contributed by atoms with Gasteiger partial charge in [-0.05, 0) is 67.1 Å². The molecule has 2 atom stereocenters. The van der Waals surface area contributed by atoms with Crippen LogP contribution in [0.4, 0.5) is 0 Å². The number of carbonyl (C=O) groups is 1. The van der Waals surface area contributed by atoms with Gasteiger partial charge in [-0.2, -0.15) is 0 Å². The molecule has 4 rings (SSSR count). The number of hydrogen-bond donors (Lipinski definition) is 1. The van der Waals surface area contributed by atoms with E-state index in [0.29, 0.717) is 22.8 Å². The third-order valence-corrected chi connectivity index (χ3v) is 5.63. The van der Waals surface area contributed by atoms with E-state index in [4.69, 9.17) is 5.11 Å². The summed E-state index contributed by atoms with van der Waals surface area (Å²) in [6.07, 6.45) is 8.47. The fraction of sp³-hybridized carbons (Fsp3) is 0.812. The van der Waals surface area contributed by atoms with Gasteiger partial charge in [0.2, 0.25) is 0 Å². The van der Waals surface area contributed by atoms with Crippen molar-refractivity contribution in [1.29, 1.82) is 0 Å². The van der Waals surface area contributed by atoms with Crippen molar-refractivity contribution < 1.29 is 9.90 Å². The first-order valence-electron chi connectivity index (χ1n) is 7.15. The van der Waals surface area contributed by atoms with Gasteiger partial charge in [-0.15, -0.1) is 0 Å². The predicted octanol–water partition coefficient (Wildman–Crippen LogP) is 4.01. The lowest BCUT2D eigenvalue weighted by atomic mass is 9.39. The third-order valence-electron chi connectivity index (χ3n) is 5.63. The van der Waals surface area contributed by atoms with E-state index in [1.165, 1.54) is 38.5 Å². The normalized spacial score (nSPS) is 49.3. The Morgan fingerprint density at radius 2 is 1.72 bits per heavy atom. The molecule has 0 saturated heterocycles. The Morgan fingerprint density at radius 3 is 2.17 bits per heavy atom. The first-order valence-corrected chi connectivity index (χ1v) is 7.15. The molecule has 18 heavy (non-hydrogen) atoms. The van der Waals surface area contributed by atoms with Gasteiger partial charge in [0, 0.05) is 5.57 Å². The highest BCUT2D eigenvalue weighted by Crippen LogP contribution is 2.70. The third kappa shape index (κ3) is 1.81. The van der Waals surface area contributed by atoms with Crippen molar-refractivity contribution in [2.45, 2.75) is 58.8 Å². The van der Waals surface area contributed by atoms with Crippen LogP contribution < -0.4 is 0 Å². The summed E-state index contributed by atoms with van der Waals surface area (Å²) in [5.74, 6) is 0.0268. The molecule has 0 heterocycles. The van der Waals surface area contributed by atoms with Crippen molar-refractivity contribution in [3.8, 4) is 0 Å². The Balaban J connectivity index is 1.89. The molecule has 4 bridgehead atoms. The fourth-order valence-corrected chi connectivity index (χ4v) is 6.41. The number of aliphatic carboxylic acids is 1. The quantitative estimate of drug-likeness (QED) is 0.766. The molecule has 4 aliphatic carbocycles. The Kier molecular flexibility index (Phi) is 2.31. The van der Waals surface area contributed by atoms with E-state index in [9.17, 15) is 4.79 Å². The maximum atomic E-state index is 11.1. The summed E-state index contributed by atoms with van der Waals surface area (Å²) >= 11 is 0. The lowest BCUT2D eigenvalue weighted by Crippen LogP contribution is -2.55. The first kappa shape index (κ1) is 12.3. The van der Waals surface area contributed by atoms with Crippen LogP contribution in [0.25, 0.3) is 0 Å². The van der Waals surface area contributed by atoms with Crippen LogP contribution in [0.15, 0.2) is 12.2 Å². The largest absolute Gasteiger partial charge is 0.478 e. The second kappa shape index (κ2) is 3.40. The minimum absolute atomic E-state index is 0.248. The van der Waals surface area contributed by atoms with E-state index >= 15 is 0 Å². The number of carboxylic acid groups (broad SMARTS) is 1. The molecule has 2 heteroatoms. The topological polar surface area (TPSA) is 37.3 Å². The van der Waals surface area contributed by atoms with Crippen molar-refractivity contribution >= 4 is 5.97 Å². The zero-order chi connectivity index (χ0) is 13.2. The number of hydrogen-bond acceptors (Lipinski definition) is 1. The Labute approximate surface area is 109 Å². The standard InChI is InChI=1S/C16H24O2/c1-11(13(17)18)4-16-7-12-5-14(2,9-16)8-15(3,6-12)10-16/h12H,1,4-10H2,2-3H3,(H,17,18). The zero-order valence-electron chi connectivity index (χ0n) is 11.6. The van der Waals surface area contributed by atoms with Crippen molar-refractivity contribution in [2.24, 2.45) is 22.2 Å². The van der Waals surface area contributed by atoms with Gasteiger partial charge in [-0.3, -0.25) is 0 Å².